The first kappa shape index (κ1) is 17.8. The second-order valence-corrected chi connectivity index (χ2v) is 6.91. The van der Waals surface area contributed by atoms with Crippen molar-refractivity contribution >= 4 is 0 Å². The number of unbranched alkanes of at least 4 members (excludes halogenated alkanes) is 1. The molecular weight excluding hydrogens is 276 g/mol. The Morgan fingerprint density at radius 3 is 2.55 bits per heavy atom. The van der Waals surface area contributed by atoms with E-state index >= 15 is 0 Å². The van der Waals surface area contributed by atoms with Gasteiger partial charge in [-0.05, 0) is 38.0 Å². The van der Waals surface area contributed by atoms with E-state index in [-0.39, 0.29) is 5.60 Å². The summed E-state index contributed by atoms with van der Waals surface area (Å²) in [6, 6.07) is 0. The smallest absolute Gasteiger partial charge is 0.104 e. The first-order chi connectivity index (χ1) is 10.8. The van der Waals surface area contributed by atoms with Gasteiger partial charge in [0.25, 0.3) is 0 Å². The molecule has 1 heterocycles. The van der Waals surface area contributed by atoms with Crippen molar-refractivity contribution in [3.63, 3.8) is 0 Å². The zero-order valence-corrected chi connectivity index (χ0v) is 14.4. The fraction of sp³-hybridized carbons (Fsp3) is 0.895. The van der Waals surface area contributed by atoms with Gasteiger partial charge in [-0.25, -0.2) is 0 Å². The van der Waals surface area contributed by atoms with Crippen LogP contribution in [0.25, 0.3) is 0 Å². The lowest BCUT2D eigenvalue weighted by molar-refractivity contribution is -0.115. The maximum Gasteiger partial charge on any atom is 0.104 e. The Kier molecular flexibility index (Phi) is 7.74. The summed E-state index contributed by atoms with van der Waals surface area (Å²) in [7, 11) is 0. The lowest BCUT2D eigenvalue weighted by Gasteiger charge is -2.43. The minimum atomic E-state index is 0.0485. The predicted molar refractivity (Wildman–Crippen MR) is 89.9 cm³/mol. The van der Waals surface area contributed by atoms with Crippen LogP contribution in [0.2, 0.25) is 0 Å². The molecular formula is C19H34O3. The van der Waals surface area contributed by atoms with Gasteiger partial charge in [-0.3, -0.25) is 0 Å². The Bertz CT molecular complexity index is 308. The summed E-state index contributed by atoms with van der Waals surface area (Å²) >= 11 is 0. The molecule has 1 saturated carbocycles. The summed E-state index contributed by atoms with van der Waals surface area (Å²) in [6.45, 7) is 8.33. The Labute approximate surface area is 136 Å². The highest BCUT2D eigenvalue weighted by Gasteiger charge is 2.40. The van der Waals surface area contributed by atoms with Gasteiger partial charge in [0.15, 0.2) is 0 Å². The van der Waals surface area contributed by atoms with Crippen molar-refractivity contribution in [3.05, 3.63) is 12.8 Å². The number of hydrogen-bond acceptors (Lipinski definition) is 3. The van der Waals surface area contributed by atoms with E-state index in [1.54, 1.807) is 6.26 Å². The van der Waals surface area contributed by atoms with Crippen LogP contribution >= 0.6 is 0 Å². The first-order valence-corrected chi connectivity index (χ1v) is 9.29. The highest BCUT2D eigenvalue weighted by atomic mass is 16.6. The normalized spacial score (nSPS) is 24.7. The summed E-state index contributed by atoms with van der Waals surface area (Å²) in [6.07, 6.45) is 14.5. The molecule has 2 fully saturated rings. The monoisotopic (exact) mass is 310 g/mol. The van der Waals surface area contributed by atoms with Gasteiger partial charge in [0.05, 0.1) is 31.7 Å². The van der Waals surface area contributed by atoms with E-state index in [0.717, 1.165) is 38.6 Å². The Balaban J connectivity index is 1.98. The quantitative estimate of drug-likeness (QED) is 0.293. The van der Waals surface area contributed by atoms with Crippen LogP contribution in [0.1, 0.15) is 71.1 Å². The van der Waals surface area contributed by atoms with Crippen molar-refractivity contribution in [3.8, 4) is 0 Å². The molecule has 2 rings (SSSR count). The zero-order valence-electron chi connectivity index (χ0n) is 14.4. The molecule has 0 N–H and O–H groups in total. The van der Waals surface area contributed by atoms with Crippen molar-refractivity contribution in [1.29, 1.82) is 0 Å². The van der Waals surface area contributed by atoms with E-state index in [2.05, 4.69) is 13.5 Å². The van der Waals surface area contributed by atoms with Crippen LogP contribution in [0.5, 0.6) is 0 Å². The van der Waals surface area contributed by atoms with Crippen molar-refractivity contribution in [2.45, 2.75) is 82.8 Å². The average Bonchev–Trinajstić information content (AvgIpc) is 3.39. The summed E-state index contributed by atoms with van der Waals surface area (Å²) in [5.74, 6) is 0.718. The topological polar surface area (TPSA) is 31.0 Å². The van der Waals surface area contributed by atoms with Gasteiger partial charge in [0.1, 0.15) is 6.10 Å². The SMILES string of the molecule is C=COCCCC(CCCC)(OCC1CO1)C1CCCCC1. The molecule has 1 saturated heterocycles. The Hall–Kier alpha value is -0.540. The minimum absolute atomic E-state index is 0.0485. The zero-order chi connectivity index (χ0) is 15.7. The van der Waals surface area contributed by atoms with Gasteiger partial charge >= 0.3 is 0 Å². The minimum Gasteiger partial charge on any atom is -0.502 e. The standard InChI is InChI=1S/C19H34O3/c1-3-5-12-19(13-9-14-20-4-2,22-16-18-15-21-18)17-10-7-6-8-11-17/h4,17-18H,2-3,5-16H2,1H3. The fourth-order valence-electron chi connectivity index (χ4n) is 3.86. The molecule has 3 nitrogen and oxygen atoms in total. The molecule has 2 atom stereocenters. The molecule has 0 radical (unpaired) electrons. The molecule has 0 aromatic heterocycles. The van der Waals surface area contributed by atoms with Crippen LogP contribution in [-0.2, 0) is 14.2 Å². The molecule has 0 spiro atoms. The summed E-state index contributed by atoms with van der Waals surface area (Å²) < 4.78 is 17.3. The molecule has 1 aliphatic heterocycles. The van der Waals surface area contributed by atoms with E-state index in [1.807, 2.05) is 0 Å². The van der Waals surface area contributed by atoms with Crippen LogP contribution in [0, 0.1) is 5.92 Å². The molecule has 2 unspecified atom stereocenters. The van der Waals surface area contributed by atoms with E-state index in [0.29, 0.717) is 6.10 Å². The van der Waals surface area contributed by atoms with Crippen LogP contribution in [0.4, 0.5) is 0 Å². The van der Waals surface area contributed by atoms with E-state index < -0.39 is 0 Å². The molecule has 0 aromatic carbocycles. The highest BCUT2D eigenvalue weighted by Crippen LogP contribution is 2.42. The fourth-order valence-corrected chi connectivity index (χ4v) is 3.86. The van der Waals surface area contributed by atoms with E-state index in [4.69, 9.17) is 14.2 Å². The Morgan fingerprint density at radius 2 is 1.91 bits per heavy atom. The van der Waals surface area contributed by atoms with Gasteiger partial charge in [-0.15, -0.1) is 0 Å². The second kappa shape index (κ2) is 9.57. The molecule has 2 aliphatic rings. The summed E-state index contributed by atoms with van der Waals surface area (Å²) in [5, 5.41) is 0. The van der Waals surface area contributed by atoms with E-state index in [1.165, 1.54) is 51.4 Å². The van der Waals surface area contributed by atoms with Gasteiger partial charge < -0.3 is 14.2 Å². The maximum absolute atomic E-state index is 6.57. The van der Waals surface area contributed by atoms with Gasteiger partial charge in [0.2, 0.25) is 0 Å². The summed E-state index contributed by atoms with van der Waals surface area (Å²) in [5.41, 5.74) is 0.0485. The van der Waals surface area contributed by atoms with E-state index in [9.17, 15) is 0 Å². The van der Waals surface area contributed by atoms with Crippen molar-refractivity contribution in [2.24, 2.45) is 5.92 Å². The number of ether oxygens (including phenoxy) is 3. The van der Waals surface area contributed by atoms with Crippen LogP contribution in [-0.4, -0.2) is 31.5 Å². The third-order valence-electron chi connectivity index (χ3n) is 5.24. The second-order valence-electron chi connectivity index (χ2n) is 6.91. The molecule has 0 aromatic rings. The molecule has 128 valence electrons. The predicted octanol–water partition coefficient (Wildman–Crippen LogP) is 4.85. The van der Waals surface area contributed by atoms with Crippen LogP contribution < -0.4 is 0 Å². The molecule has 0 bridgehead atoms. The summed E-state index contributed by atoms with van der Waals surface area (Å²) in [4.78, 5) is 0. The third kappa shape index (κ3) is 5.58. The lowest BCUT2D eigenvalue weighted by Crippen LogP contribution is -2.43. The van der Waals surface area contributed by atoms with Gasteiger partial charge in [0, 0.05) is 0 Å². The van der Waals surface area contributed by atoms with Gasteiger partial charge in [-0.1, -0.05) is 45.6 Å². The molecule has 1 aliphatic carbocycles. The van der Waals surface area contributed by atoms with Crippen molar-refractivity contribution < 1.29 is 14.2 Å². The van der Waals surface area contributed by atoms with Crippen LogP contribution in [0.3, 0.4) is 0 Å². The molecule has 3 heteroatoms. The lowest BCUT2D eigenvalue weighted by atomic mass is 9.72. The number of rotatable bonds is 12. The van der Waals surface area contributed by atoms with Crippen molar-refractivity contribution in [2.75, 3.05) is 19.8 Å². The average molecular weight is 310 g/mol. The van der Waals surface area contributed by atoms with Gasteiger partial charge in [-0.2, -0.15) is 0 Å². The molecule has 22 heavy (non-hydrogen) atoms. The largest absolute Gasteiger partial charge is 0.502 e. The molecule has 0 amide bonds. The number of epoxide rings is 1. The first-order valence-electron chi connectivity index (χ1n) is 9.29. The third-order valence-corrected chi connectivity index (χ3v) is 5.24. The number of hydrogen-bond donors (Lipinski definition) is 0. The maximum atomic E-state index is 6.57. The Morgan fingerprint density at radius 1 is 1.18 bits per heavy atom. The highest BCUT2D eigenvalue weighted by molar-refractivity contribution is 4.91. The van der Waals surface area contributed by atoms with Crippen LogP contribution in [0.15, 0.2) is 12.8 Å². The van der Waals surface area contributed by atoms with Crippen molar-refractivity contribution in [1.82, 2.24) is 0 Å².